The van der Waals surface area contributed by atoms with Crippen molar-refractivity contribution in [1.82, 2.24) is 0 Å². The van der Waals surface area contributed by atoms with Crippen molar-refractivity contribution in [2.75, 3.05) is 19.5 Å². The summed E-state index contributed by atoms with van der Waals surface area (Å²) in [6.45, 7) is 1.66. The van der Waals surface area contributed by atoms with Crippen molar-refractivity contribution in [3.8, 4) is 17.2 Å². The number of methoxy groups -OCH3 is 2. The second kappa shape index (κ2) is 7.74. The summed E-state index contributed by atoms with van der Waals surface area (Å²) in [6, 6.07) is 12.1. The minimum atomic E-state index is -0.703. The highest BCUT2D eigenvalue weighted by Gasteiger charge is 2.17. The Morgan fingerprint density at radius 2 is 1.83 bits per heavy atom. The lowest BCUT2D eigenvalue weighted by Gasteiger charge is -2.16. The second-order valence-corrected chi connectivity index (χ2v) is 5.21. The molecule has 23 heavy (non-hydrogen) atoms. The van der Waals surface area contributed by atoms with Gasteiger partial charge in [-0.2, -0.15) is 0 Å². The predicted molar refractivity (Wildman–Crippen MR) is 89.7 cm³/mol. The van der Waals surface area contributed by atoms with Gasteiger partial charge in [0.15, 0.2) is 6.10 Å². The van der Waals surface area contributed by atoms with Crippen molar-refractivity contribution in [3.63, 3.8) is 0 Å². The Morgan fingerprint density at radius 3 is 2.52 bits per heavy atom. The fourth-order valence-electron chi connectivity index (χ4n) is 1.94. The predicted octanol–water partition coefficient (Wildman–Crippen LogP) is 3.76. The van der Waals surface area contributed by atoms with Gasteiger partial charge >= 0.3 is 0 Å². The smallest absolute Gasteiger partial charge is 0.265 e. The maximum atomic E-state index is 12.3. The molecule has 0 saturated carbocycles. The van der Waals surface area contributed by atoms with Crippen LogP contribution in [0, 0.1) is 0 Å². The molecule has 1 atom stereocenters. The van der Waals surface area contributed by atoms with Crippen molar-refractivity contribution in [2.24, 2.45) is 0 Å². The molecule has 0 spiro atoms. The second-order valence-electron chi connectivity index (χ2n) is 4.77. The maximum absolute atomic E-state index is 12.3. The van der Waals surface area contributed by atoms with Crippen LogP contribution in [0.25, 0.3) is 0 Å². The van der Waals surface area contributed by atoms with E-state index in [0.29, 0.717) is 28.0 Å². The first kappa shape index (κ1) is 17.0. The lowest BCUT2D eigenvalue weighted by Crippen LogP contribution is -2.30. The SMILES string of the molecule is COc1cccc(OC(C)C(=O)Nc2cc(Cl)ccc2OC)c1. The zero-order valence-electron chi connectivity index (χ0n) is 13.1. The number of halogens is 1. The molecule has 2 aromatic carbocycles. The number of ether oxygens (including phenoxy) is 3. The zero-order chi connectivity index (χ0) is 16.8. The summed E-state index contributed by atoms with van der Waals surface area (Å²) in [5, 5.41) is 3.25. The van der Waals surface area contributed by atoms with E-state index < -0.39 is 6.10 Å². The quantitative estimate of drug-likeness (QED) is 0.873. The Labute approximate surface area is 140 Å². The third-order valence-corrected chi connectivity index (χ3v) is 3.38. The number of benzene rings is 2. The Bertz CT molecular complexity index is 690. The molecule has 0 bridgehead atoms. The molecule has 0 aliphatic carbocycles. The van der Waals surface area contributed by atoms with Crippen molar-refractivity contribution >= 4 is 23.2 Å². The van der Waals surface area contributed by atoms with Crippen LogP contribution in [0.4, 0.5) is 5.69 Å². The summed E-state index contributed by atoms with van der Waals surface area (Å²) in [4.78, 5) is 12.3. The molecular weight excluding hydrogens is 318 g/mol. The van der Waals surface area contributed by atoms with Crippen LogP contribution in [0.5, 0.6) is 17.2 Å². The van der Waals surface area contributed by atoms with Crippen molar-refractivity contribution < 1.29 is 19.0 Å². The van der Waals surface area contributed by atoms with Crippen molar-refractivity contribution in [3.05, 3.63) is 47.5 Å². The van der Waals surface area contributed by atoms with E-state index in [-0.39, 0.29) is 5.91 Å². The third-order valence-electron chi connectivity index (χ3n) is 3.14. The lowest BCUT2D eigenvalue weighted by molar-refractivity contribution is -0.122. The van der Waals surface area contributed by atoms with Gasteiger partial charge in [-0.3, -0.25) is 4.79 Å². The van der Waals surface area contributed by atoms with Crippen molar-refractivity contribution in [1.29, 1.82) is 0 Å². The normalized spacial score (nSPS) is 11.5. The zero-order valence-corrected chi connectivity index (χ0v) is 13.9. The highest BCUT2D eigenvalue weighted by atomic mass is 35.5. The summed E-state index contributed by atoms with van der Waals surface area (Å²) >= 11 is 5.95. The maximum Gasteiger partial charge on any atom is 0.265 e. The standard InChI is InChI=1S/C17H18ClNO4/c1-11(23-14-6-4-5-13(10-14)21-2)17(20)19-15-9-12(18)7-8-16(15)22-3/h4-11H,1-3H3,(H,19,20). The van der Waals surface area contributed by atoms with Gasteiger partial charge in [-0.1, -0.05) is 17.7 Å². The van der Waals surface area contributed by atoms with Gasteiger partial charge in [-0.15, -0.1) is 0 Å². The number of rotatable bonds is 6. The number of hydrogen-bond acceptors (Lipinski definition) is 4. The van der Waals surface area contributed by atoms with Crippen LogP contribution in [0.1, 0.15) is 6.92 Å². The van der Waals surface area contributed by atoms with Crippen LogP contribution < -0.4 is 19.5 Å². The largest absolute Gasteiger partial charge is 0.497 e. The molecule has 1 unspecified atom stereocenters. The Kier molecular flexibility index (Phi) is 5.71. The van der Waals surface area contributed by atoms with E-state index in [1.165, 1.54) is 7.11 Å². The summed E-state index contributed by atoms with van der Waals surface area (Å²) < 4.78 is 16.0. The first-order chi connectivity index (χ1) is 11.0. The van der Waals surface area contributed by atoms with Crippen LogP contribution in [0.3, 0.4) is 0 Å². The molecule has 122 valence electrons. The lowest BCUT2D eigenvalue weighted by atomic mass is 10.2. The Hall–Kier alpha value is -2.40. The molecule has 0 aromatic heterocycles. The van der Waals surface area contributed by atoms with E-state index >= 15 is 0 Å². The average molecular weight is 336 g/mol. The molecule has 0 radical (unpaired) electrons. The number of amides is 1. The highest BCUT2D eigenvalue weighted by molar-refractivity contribution is 6.31. The van der Waals surface area contributed by atoms with Gasteiger partial charge in [0.1, 0.15) is 17.2 Å². The monoisotopic (exact) mass is 335 g/mol. The van der Waals surface area contributed by atoms with Gasteiger partial charge in [-0.05, 0) is 37.3 Å². The van der Waals surface area contributed by atoms with Gasteiger partial charge < -0.3 is 19.5 Å². The van der Waals surface area contributed by atoms with Gasteiger partial charge in [-0.25, -0.2) is 0 Å². The number of carbonyl (C=O) groups excluding carboxylic acids is 1. The van der Waals surface area contributed by atoms with Crippen LogP contribution >= 0.6 is 11.6 Å². The van der Waals surface area contributed by atoms with Gasteiger partial charge in [0.05, 0.1) is 19.9 Å². The highest BCUT2D eigenvalue weighted by Crippen LogP contribution is 2.28. The van der Waals surface area contributed by atoms with Crippen LogP contribution in [0.15, 0.2) is 42.5 Å². The average Bonchev–Trinajstić information content (AvgIpc) is 2.55. The van der Waals surface area contributed by atoms with Crippen LogP contribution in [0.2, 0.25) is 5.02 Å². The molecule has 6 heteroatoms. The number of hydrogen-bond donors (Lipinski definition) is 1. The third kappa shape index (κ3) is 4.53. The summed E-state index contributed by atoms with van der Waals surface area (Å²) in [7, 11) is 3.09. The van der Waals surface area contributed by atoms with Crippen LogP contribution in [-0.4, -0.2) is 26.2 Å². The van der Waals surface area contributed by atoms with E-state index in [1.807, 2.05) is 0 Å². The Morgan fingerprint density at radius 1 is 1.09 bits per heavy atom. The molecule has 0 aliphatic heterocycles. The molecule has 0 aliphatic rings. The van der Waals surface area contributed by atoms with E-state index in [1.54, 1.807) is 56.5 Å². The number of carbonyl (C=O) groups is 1. The number of anilines is 1. The van der Waals surface area contributed by atoms with Crippen molar-refractivity contribution in [2.45, 2.75) is 13.0 Å². The molecule has 0 fully saturated rings. The summed E-state index contributed by atoms with van der Waals surface area (Å²) in [5.74, 6) is 1.42. The first-order valence-electron chi connectivity index (χ1n) is 6.98. The molecular formula is C17H18ClNO4. The van der Waals surface area contributed by atoms with E-state index in [9.17, 15) is 4.79 Å². The van der Waals surface area contributed by atoms with Gasteiger partial charge in [0.2, 0.25) is 0 Å². The minimum Gasteiger partial charge on any atom is -0.497 e. The fourth-order valence-corrected chi connectivity index (χ4v) is 2.12. The molecule has 0 heterocycles. The van der Waals surface area contributed by atoms with Gasteiger partial charge in [0.25, 0.3) is 5.91 Å². The molecule has 2 aromatic rings. The summed E-state index contributed by atoms with van der Waals surface area (Å²) in [6.07, 6.45) is -0.703. The molecule has 1 amide bonds. The van der Waals surface area contributed by atoms with E-state index in [2.05, 4.69) is 5.32 Å². The van der Waals surface area contributed by atoms with E-state index in [4.69, 9.17) is 25.8 Å². The number of nitrogens with one attached hydrogen (secondary N) is 1. The topological polar surface area (TPSA) is 56.8 Å². The Balaban J connectivity index is 2.06. The molecule has 1 N–H and O–H groups in total. The fraction of sp³-hybridized carbons (Fsp3) is 0.235. The summed E-state index contributed by atoms with van der Waals surface area (Å²) in [5.41, 5.74) is 0.492. The van der Waals surface area contributed by atoms with E-state index in [0.717, 1.165) is 0 Å². The molecule has 0 saturated heterocycles. The van der Waals surface area contributed by atoms with Crippen LogP contribution in [-0.2, 0) is 4.79 Å². The molecule has 5 nitrogen and oxygen atoms in total. The molecule has 2 rings (SSSR count). The van der Waals surface area contributed by atoms with Gasteiger partial charge in [0, 0.05) is 11.1 Å². The minimum absolute atomic E-state index is 0.312. The first-order valence-corrected chi connectivity index (χ1v) is 7.36.